The third-order valence-corrected chi connectivity index (χ3v) is 3.78. The van der Waals surface area contributed by atoms with Gasteiger partial charge in [-0.1, -0.05) is 55.4 Å². The highest BCUT2D eigenvalue weighted by Crippen LogP contribution is 2.25. The Balaban J connectivity index is 1.76. The van der Waals surface area contributed by atoms with E-state index in [2.05, 4.69) is 36.5 Å². The SMILES string of the molecule is CC(C)CCNC(=O)c1cc(-c2ccc3ccccc3c2)on1. The van der Waals surface area contributed by atoms with Crippen molar-refractivity contribution in [2.45, 2.75) is 20.3 Å². The Labute approximate surface area is 135 Å². The fraction of sp³-hybridized carbons (Fsp3) is 0.263. The van der Waals surface area contributed by atoms with Gasteiger partial charge in [-0.25, -0.2) is 0 Å². The van der Waals surface area contributed by atoms with Gasteiger partial charge in [0, 0.05) is 18.2 Å². The Kier molecular flexibility index (Phi) is 4.42. The fourth-order valence-electron chi connectivity index (χ4n) is 2.43. The third-order valence-electron chi connectivity index (χ3n) is 3.78. The molecule has 0 saturated heterocycles. The standard InChI is InChI=1S/C19H20N2O2/c1-13(2)9-10-20-19(22)17-12-18(23-21-17)16-8-7-14-5-3-4-6-15(14)11-16/h3-8,11-13H,9-10H2,1-2H3,(H,20,22). The Hall–Kier alpha value is -2.62. The van der Waals surface area contributed by atoms with Gasteiger partial charge in [-0.15, -0.1) is 0 Å². The van der Waals surface area contributed by atoms with Gasteiger partial charge in [-0.3, -0.25) is 4.79 Å². The molecule has 1 aromatic heterocycles. The molecule has 0 saturated carbocycles. The molecule has 0 aliphatic carbocycles. The minimum atomic E-state index is -0.193. The van der Waals surface area contributed by atoms with Crippen LogP contribution in [0.2, 0.25) is 0 Å². The lowest BCUT2D eigenvalue weighted by Gasteiger charge is -2.04. The van der Waals surface area contributed by atoms with Crippen LogP contribution in [0.4, 0.5) is 0 Å². The van der Waals surface area contributed by atoms with Gasteiger partial charge in [-0.2, -0.15) is 0 Å². The highest BCUT2D eigenvalue weighted by Gasteiger charge is 2.13. The first-order chi connectivity index (χ1) is 11.1. The summed E-state index contributed by atoms with van der Waals surface area (Å²) in [5.74, 6) is 0.965. The second-order valence-corrected chi connectivity index (χ2v) is 6.08. The maximum atomic E-state index is 12.0. The first-order valence-corrected chi connectivity index (χ1v) is 7.87. The normalized spacial score (nSPS) is 11.1. The van der Waals surface area contributed by atoms with Gasteiger partial charge in [0.25, 0.3) is 5.91 Å². The third kappa shape index (κ3) is 3.59. The van der Waals surface area contributed by atoms with Crippen LogP contribution < -0.4 is 5.32 Å². The van der Waals surface area contributed by atoms with Gasteiger partial charge in [0.1, 0.15) is 0 Å². The van der Waals surface area contributed by atoms with Crippen molar-refractivity contribution in [3.8, 4) is 11.3 Å². The molecular weight excluding hydrogens is 288 g/mol. The first kappa shape index (κ1) is 15.3. The predicted molar refractivity (Wildman–Crippen MR) is 91.2 cm³/mol. The van der Waals surface area contributed by atoms with Gasteiger partial charge in [-0.05, 0) is 29.2 Å². The summed E-state index contributed by atoms with van der Waals surface area (Å²) in [4.78, 5) is 12.0. The monoisotopic (exact) mass is 308 g/mol. The zero-order valence-corrected chi connectivity index (χ0v) is 13.4. The number of hydrogen-bond acceptors (Lipinski definition) is 3. The second kappa shape index (κ2) is 6.65. The van der Waals surface area contributed by atoms with E-state index in [1.807, 2.05) is 30.3 Å². The number of rotatable bonds is 5. The van der Waals surface area contributed by atoms with Crippen LogP contribution in [0.3, 0.4) is 0 Å². The minimum absolute atomic E-state index is 0.193. The van der Waals surface area contributed by atoms with Crippen molar-refractivity contribution in [1.29, 1.82) is 0 Å². The summed E-state index contributed by atoms with van der Waals surface area (Å²) in [7, 11) is 0. The molecule has 3 rings (SSSR count). The summed E-state index contributed by atoms with van der Waals surface area (Å²) in [6, 6.07) is 15.9. The highest BCUT2D eigenvalue weighted by atomic mass is 16.5. The van der Waals surface area contributed by atoms with E-state index < -0.39 is 0 Å². The van der Waals surface area contributed by atoms with E-state index >= 15 is 0 Å². The van der Waals surface area contributed by atoms with Crippen molar-refractivity contribution >= 4 is 16.7 Å². The van der Waals surface area contributed by atoms with Crippen molar-refractivity contribution in [1.82, 2.24) is 10.5 Å². The molecule has 0 aliphatic rings. The van der Waals surface area contributed by atoms with Crippen LogP contribution in [0, 0.1) is 5.92 Å². The van der Waals surface area contributed by atoms with Crippen molar-refractivity contribution in [3.05, 3.63) is 54.2 Å². The van der Waals surface area contributed by atoms with Crippen LogP contribution in [0.1, 0.15) is 30.8 Å². The van der Waals surface area contributed by atoms with Crippen molar-refractivity contribution < 1.29 is 9.32 Å². The Morgan fingerprint density at radius 3 is 2.70 bits per heavy atom. The second-order valence-electron chi connectivity index (χ2n) is 6.08. The lowest BCUT2D eigenvalue weighted by molar-refractivity contribution is 0.0943. The number of hydrogen-bond donors (Lipinski definition) is 1. The molecule has 0 spiro atoms. The molecule has 0 atom stereocenters. The fourth-order valence-corrected chi connectivity index (χ4v) is 2.43. The summed E-state index contributed by atoms with van der Waals surface area (Å²) >= 11 is 0. The molecule has 4 heteroatoms. The highest BCUT2D eigenvalue weighted by molar-refractivity contribution is 5.93. The average Bonchev–Trinajstić information content (AvgIpc) is 3.04. The quantitative estimate of drug-likeness (QED) is 0.765. The average molecular weight is 308 g/mol. The van der Waals surface area contributed by atoms with Crippen molar-refractivity contribution in [2.75, 3.05) is 6.54 Å². The van der Waals surface area contributed by atoms with Gasteiger partial charge in [0.15, 0.2) is 11.5 Å². The summed E-state index contributed by atoms with van der Waals surface area (Å²) in [6.07, 6.45) is 0.946. The van der Waals surface area contributed by atoms with Gasteiger partial charge in [0.2, 0.25) is 0 Å². The van der Waals surface area contributed by atoms with E-state index in [0.717, 1.165) is 17.4 Å². The predicted octanol–water partition coefficient (Wildman–Crippen LogP) is 4.27. The lowest BCUT2D eigenvalue weighted by atomic mass is 10.1. The number of fused-ring (bicyclic) bond motifs is 1. The maximum absolute atomic E-state index is 12.0. The molecule has 2 aromatic carbocycles. The van der Waals surface area contributed by atoms with Crippen molar-refractivity contribution in [3.63, 3.8) is 0 Å². The number of nitrogens with zero attached hydrogens (tertiary/aromatic N) is 1. The molecule has 0 fully saturated rings. The molecule has 0 aliphatic heterocycles. The minimum Gasteiger partial charge on any atom is -0.355 e. The van der Waals surface area contributed by atoms with E-state index in [-0.39, 0.29) is 5.91 Å². The van der Waals surface area contributed by atoms with Crippen LogP contribution in [0.5, 0.6) is 0 Å². The molecule has 0 unspecified atom stereocenters. The van der Waals surface area contributed by atoms with Gasteiger partial charge in [0.05, 0.1) is 0 Å². The summed E-state index contributed by atoms with van der Waals surface area (Å²) in [5.41, 5.74) is 1.23. The molecule has 23 heavy (non-hydrogen) atoms. The number of aromatic nitrogens is 1. The van der Waals surface area contributed by atoms with Crippen LogP contribution in [-0.2, 0) is 0 Å². The molecule has 3 aromatic rings. The van der Waals surface area contributed by atoms with Crippen LogP contribution >= 0.6 is 0 Å². The zero-order chi connectivity index (χ0) is 16.2. The first-order valence-electron chi connectivity index (χ1n) is 7.87. The largest absolute Gasteiger partial charge is 0.355 e. The van der Waals surface area contributed by atoms with Gasteiger partial charge >= 0.3 is 0 Å². The number of amides is 1. The van der Waals surface area contributed by atoms with Crippen LogP contribution in [0.15, 0.2) is 53.1 Å². The molecule has 1 amide bonds. The molecule has 1 N–H and O–H groups in total. The number of carbonyl (C=O) groups is 1. The number of benzene rings is 2. The topological polar surface area (TPSA) is 55.1 Å². The molecule has 4 nitrogen and oxygen atoms in total. The van der Waals surface area contributed by atoms with Crippen molar-refractivity contribution in [2.24, 2.45) is 5.92 Å². The van der Waals surface area contributed by atoms with E-state index in [4.69, 9.17) is 4.52 Å². The van der Waals surface area contributed by atoms with Crippen LogP contribution in [-0.4, -0.2) is 17.6 Å². The van der Waals surface area contributed by atoms with Crippen LogP contribution in [0.25, 0.3) is 22.1 Å². The molecule has 0 radical (unpaired) electrons. The molecular formula is C19H20N2O2. The maximum Gasteiger partial charge on any atom is 0.273 e. The lowest BCUT2D eigenvalue weighted by Crippen LogP contribution is -2.25. The zero-order valence-electron chi connectivity index (χ0n) is 13.4. The summed E-state index contributed by atoms with van der Waals surface area (Å²) < 4.78 is 5.34. The number of nitrogens with one attached hydrogen (secondary N) is 1. The van der Waals surface area contributed by atoms with E-state index in [1.54, 1.807) is 6.07 Å². The summed E-state index contributed by atoms with van der Waals surface area (Å²) in [5, 5.41) is 9.04. The van der Waals surface area contributed by atoms with E-state index in [9.17, 15) is 4.79 Å². The smallest absolute Gasteiger partial charge is 0.273 e. The Morgan fingerprint density at radius 2 is 1.91 bits per heavy atom. The Bertz CT molecular complexity index is 821. The number of carbonyl (C=O) groups excluding carboxylic acids is 1. The van der Waals surface area contributed by atoms with Gasteiger partial charge < -0.3 is 9.84 Å². The van der Waals surface area contributed by atoms with E-state index in [0.29, 0.717) is 23.9 Å². The van der Waals surface area contributed by atoms with E-state index in [1.165, 1.54) is 5.39 Å². The molecule has 0 bridgehead atoms. The molecule has 118 valence electrons. The Morgan fingerprint density at radius 1 is 1.13 bits per heavy atom. The molecule has 1 heterocycles. The summed E-state index contributed by atoms with van der Waals surface area (Å²) in [6.45, 7) is 4.90.